The van der Waals surface area contributed by atoms with E-state index in [1.54, 1.807) is 21.1 Å². The summed E-state index contributed by atoms with van der Waals surface area (Å²) >= 11 is 0. The van der Waals surface area contributed by atoms with Crippen molar-refractivity contribution in [2.75, 3.05) is 21.3 Å². The minimum absolute atomic E-state index is 0.0275. The highest BCUT2D eigenvalue weighted by Crippen LogP contribution is 2.59. The molecule has 4 aromatic carbocycles. The molecule has 1 saturated heterocycles. The van der Waals surface area contributed by atoms with Crippen molar-refractivity contribution in [3.05, 3.63) is 96.1 Å². The molecule has 0 spiro atoms. The number of carbonyl (C=O) groups excluding carboxylic acids is 2. The normalized spacial score (nSPS) is 22.8. The lowest BCUT2D eigenvalue weighted by Crippen LogP contribution is -2.56. The van der Waals surface area contributed by atoms with Crippen LogP contribution in [0.1, 0.15) is 85.6 Å². The largest absolute Gasteiger partial charge is 0.497 e. The van der Waals surface area contributed by atoms with E-state index in [1.807, 2.05) is 70.1 Å². The fraction of sp³-hybridized carbons (Fsp3) is 0.364. The lowest BCUT2D eigenvalue weighted by molar-refractivity contribution is -0.202. The standard InChI is InChI=1S/C44H45N3O7/c1-6-7-8-9-10-11-20-32-37-35-29-17-13-15-19-31(29)47-40(35)39-36(38(37)41(48)45(32)25-26-21-22-27(51-3)23-33(26)52-4)28-16-12-14-18-30(28)46(39)34-24-44(50,42(49)53-5)43(47,2)54-34/h6,12-19,21-23,32,34,50H,1,7-11,20,24-25H2,2-5H3/t32-,34+,43-,44+/m1/s1. The van der Waals surface area contributed by atoms with Gasteiger partial charge in [-0.25, -0.2) is 4.79 Å². The van der Waals surface area contributed by atoms with Gasteiger partial charge in [0, 0.05) is 39.6 Å². The molecule has 3 aliphatic rings. The van der Waals surface area contributed by atoms with Gasteiger partial charge in [0.25, 0.3) is 5.91 Å². The Kier molecular flexibility index (Phi) is 8.06. The number of carbonyl (C=O) groups is 2. The Morgan fingerprint density at radius 2 is 1.67 bits per heavy atom. The maximum absolute atomic E-state index is 15.4. The summed E-state index contributed by atoms with van der Waals surface area (Å²) in [6.45, 7) is 6.02. The topological polar surface area (TPSA) is 104 Å². The van der Waals surface area contributed by atoms with Crippen LogP contribution < -0.4 is 9.47 Å². The third-order valence-electron chi connectivity index (χ3n) is 12.3. The molecule has 6 aromatic rings. The van der Waals surface area contributed by atoms with Gasteiger partial charge in [-0.1, -0.05) is 61.7 Å². The molecule has 9 rings (SSSR count). The molecule has 3 aliphatic heterocycles. The molecule has 0 radical (unpaired) electrons. The molecule has 0 saturated carbocycles. The van der Waals surface area contributed by atoms with Crippen molar-refractivity contribution in [2.45, 2.75) is 82.0 Å². The molecule has 1 fully saturated rings. The summed E-state index contributed by atoms with van der Waals surface area (Å²) in [6, 6.07) is 21.6. The van der Waals surface area contributed by atoms with E-state index < -0.39 is 23.5 Å². The molecule has 1 amide bonds. The van der Waals surface area contributed by atoms with Crippen LogP contribution in [0.15, 0.2) is 79.4 Å². The van der Waals surface area contributed by atoms with Gasteiger partial charge in [-0.3, -0.25) is 4.79 Å². The zero-order valence-corrected chi connectivity index (χ0v) is 31.2. The number of methoxy groups -OCH3 is 3. The predicted molar refractivity (Wildman–Crippen MR) is 208 cm³/mol. The summed E-state index contributed by atoms with van der Waals surface area (Å²) in [5.74, 6) is 0.551. The van der Waals surface area contributed by atoms with Gasteiger partial charge in [0.2, 0.25) is 5.60 Å². The highest BCUT2D eigenvalue weighted by molar-refractivity contribution is 6.31. The summed E-state index contributed by atoms with van der Waals surface area (Å²) in [5, 5.41) is 16.1. The van der Waals surface area contributed by atoms with Crippen molar-refractivity contribution in [3.8, 4) is 11.5 Å². The SMILES string of the molecule is C=CCCCCCC[C@@H]1c2c(c3c4ccccc4n4c3c3c2c2ccccc2n3[C@]2(C)O[C@H]4C[C@]2(O)C(=O)OC)C(=O)N1Cc1ccc(OC)cc1OC. The van der Waals surface area contributed by atoms with Gasteiger partial charge in [0.1, 0.15) is 17.7 Å². The Balaban J connectivity index is 1.37. The molecule has 278 valence electrons. The number of hydrogen-bond acceptors (Lipinski definition) is 7. The van der Waals surface area contributed by atoms with Crippen LogP contribution in [-0.4, -0.2) is 57.9 Å². The molecule has 2 bridgehead atoms. The summed E-state index contributed by atoms with van der Waals surface area (Å²) in [6.07, 6.45) is 7.07. The number of nitrogens with zero attached hydrogens (tertiary/aromatic N) is 3. The van der Waals surface area contributed by atoms with Crippen LogP contribution in [0.5, 0.6) is 11.5 Å². The first-order chi connectivity index (χ1) is 26.2. The number of para-hydroxylation sites is 2. The lowest BCUT2D eigenvalue weighted by Gasteiger charge is -2.37. The van der Waals surface area contributed by atoms with E-state index in [4.69, 9.17) is 18.9 Å². The number of hydrogen-bond donors (Lipinski definition) is 1. The number of rotatable bonds is 12. The highest BCUT2D eigenvalue weighted by Gasteiger charge is 2.66. The van der Waals surface area contributed by atoms with E-state index in [-0.39, 0.29) is 18.4 Å². The van der Waals surface area contributed by atoms with E-state index in [1.165, 1.54) is 7.11 Å². The van der Waals surface area contributed by atoms with Crippen molar-refractivity contribution in [1.82, 2.24) is 14.0 Å². The van der Waals surface area contributed by atoms with Crippen molar-refractivity contribution in [3.63, 3.8) is 0 Å². The number of aliphatic hydroxyl groups is 1. The number of benzene rings is 4. The second-order valence-electron chi connectivity index (χ2n) is 15.0. The molecule has 0 aliphatic carbocycles. The summed E-state index contributed by atoms with van der Waals surface area (Å²) in [4.78, 5) is 31.1. The number of ether oxygens (including phenoxy) is 4. The van der Waals surface area contributed by atoms with Gasteiger partial charge in [0.15, 0.2) is 5.72 Å². The van der Waals surface area contributed by atoms with Crippen molar-refractivity contribution < 1.29 is 33.6 Å². The maximum atomic E-state index is 15.4. The average molecular weight is 728 g/mol. The molecule has 4 atom stereocenters. The zero-order valence-electron chi connectivity index (χ0n) is 31.2. The van der Waals surface area contributed by atoms with Crippen LogP contribution in [0.25, 0.3) is 43.6 Å². The highest BCUT2D eigenvalue weighted by atomic mass is 16.6. The molecular formula is C44H45N3O7. The van der Waals surface area contributed by atoms with Gasteiger partial charge >= 0.3 is 5.97 Å². The average Bonchev–Trinajstić information content (AvgIpc) is 3.86. The Labute approximate surface area is 313 Å². The van der Waals surface area contributed by atoms with Crippen molar-refractivity contribution in [2.24, 2.45) is 0 Å². The molecule has 1 N–H and O–H groups in total. The zero-order chi connectivity index (χ0) is 37.5. The minimum atomic E-state index is -2.01. The number of amides is 1. The smallest absolute Gasteiger partial charge is 0.343 e. The van der Waals surface area contributed by atoms with Crippen molar-refractivity contribution in [1.29, 1.82) is 0 Å². The van der Waals surface area contributed by atoms with Gasteiger partial charge in [-0.2, -0.15) is 0 Å². The van der Waals surface area contributed by atoms with E-state index in [2.05, 4.69) is 23.3 Å². The summed E-state index contributed by atoms with van der Waals surface area (Å²) < 4.78 is 27.7. The molecule has 5 heterocycles. The Morgan fingerprint density at radius 3 is 2.39 bits per heavy atom. The van der Waals surface area contributed by atoms with Crippen LogP contribution >= 0.6 is 0 Å². The first-order valence-electron chi connectivity index (χ1n) is 18.9. The maximum Gasteiger partial charge on any atom is 0.343 e. The van der Waals surface area contributed by atoms with Crippen molar-refractivity contribution >= 4 is 55.5 Å². The third kappa shape index (κ3) is 4.53. The van der Waals surface area contributed by atoms with Gasteiger partial charge in [-0.15, -0.1) is 6.58 Å². The number of fused-ring (bicyclic) bond motifs is 13. The fourth-order valence-corrected chi connectivity index (χ4v) is 9.78. The van der Waals surface area contributed by atoms with E-state index in [0.29, 0.717) is 23.6 Å². The number of allylic oxidation sites excluding steroid dienone is 1. The quantitative estimate of drug-likeness (QED) is 0.0765. The van der Waals surface area contributed by atoms with E-state index in [9.17, 15) is 9.90 Å². The second-order valence-corrected chi connectivity index (χ2v) is 15.0. The van der Waals surface area contributed by atoms with Gasteiger partial charge in [0.05, 0.1) is 61.5 Å². The van der Waals surface area contributed by atoms with Crippen LogP contribution in [0.4, 0.5) is 0 Å². The monoisotopic (exact) mass is 727 g/mol. The van der Waals surface area contributed by atoms with Crippen LogP contribution in [0.3, 0.4) is 0 Å². The minimum Gasteiger partial charge on any atom is -0.497 e. The second kappa shape index (κ2) is 12.6. The van der Waals surface area contributed by atoms with Crippen LogP contribution in [0, 0.1) is 0 Å². The fourth-order valence-electron chi connectivity index (χ4n) is 9.78. The summed E-state index contributed by atoms with van der Waals surface area (Å²) in [7, 11) is 4.57. The van der Waals surface area contributed by atoms with Crippen LogP contribution in [-0.2, 0) is 26.5 Å². The van der Waals surface area contributed by atoms with Crippen LogP contribution in [0.2, 0.25) is 0 Å². The molecular weight excluding hydrogens is 682 g/mol. The Bertz CT molecular complexity index is 2530. The molecule has 0 unspecified atom stereocenters. The number of unbranched alkanes of at least 4 members (excludes halogenated alkanes) is 4. The first kappa shape index (κ1) is 34.4. The predicted octanol–water partition coefficient (Wildman–Crippen LogP) is 8.65. The molecule has 10 nitrogen and oxygen atoms in total. The number of esters is 1. The molecule has 54 heavy (non-hydrogen) atoms. The Hall–Kier alpha value is -5.32. The van der Waals surface area contributed by atoms with Gasteiger partial charge < -0.3 is 38.1 Å². The van der Waals surface area contributed by atoms with E-state index in [0.717, 1.165) is 93.3 Å². The third-order valence-corrected chi connectivity index (χ3v) is 12.3. The molecule has 10 heteroatoms. The number of aromatic nitrogens is 2. The summed E-state index contributed by atoms with van der Waals surface area (Å²) in [5.41, 5.74) is 2.38. The molecule has 2 aromatic heterocycles. The first-order valence-corrected chi connectivity index (χ1v) is 18.9. The lowest BCUT2D eigenvalue weighted by atomic mass is 9.88. The Morgan fingerprint density at radius 1 is 0.944 bits per heavy atom. The van der Waals surface area contributed by atoms with Gasteiger partial charge in [-0.05, 0) is 56.0 Å². The van der Waals surface area contributed by atoms with E-state index >= 15 is 4.79 Å².